The van der Waals surface area contributed by atoms with Crippen molar-refractivity contribution in [2.24, 2.45) is 0 Å². The van der Waals surface area contributed by atoms with Crippen molar-refractivity contribution in [1.29, 1.82) is 0 Å². The maximum atomic E-state index is 13.5. The highest BCUT2D eigenvalue weighted by Gasteiger charge is 2.18. The first-order valence-corrected chi connectivity index (χ1v) is 7.67. The Kier molecular flexibility index (Phi) is 4.44. The van der Waals surface area contributed by atoms with Gasteiger partial charge in [-0.15, -0.1) is 11.3 Å². The summed E-state index contributed by atoms with van der Waals surface area (Å²) < 4.78 is 32.5. The average Bonchev–Trinajstić information content (AvgIpc) is 2.80. The Bertz CT molecular complexity index is 622. The number of rotatable bonds is 3. The van der Waals surface area contributed by atoms with Gasteiger partial charge in [-0.3, -0.25) is 0 Å². The van der Waals surface area contributed by atoms with E-state index < -0.39 is 11.6 Å². The number of aromatic nitrogens is 1. The SMILES string of the molecule is CC(C)(C)c1csc(COc2cc(Br)cc(F)c2F)n1. The average molecular weight is 362 g/mol. The zero-order valence-electron chi connectivity index (χ0n) is 11.3. The minimum atomic E-state index is -0.985. The quantitative estimate of drug-likeness (QED) is 0.712. The van der Waals surface area contributed by atoms with Gasteiger partial charge < -0.3 is 4.74 Å². The van der Waals surface area contributed by atoms with Crippen LogP contribution in [0, 0.1) is 11.6 Å². The zero-order valence-corrected chi connectivity index (χ0v) is 13.7. The van der Waals surface area contributed by atoms with E-state index >= 15 is 0 Å². The first kappa shape index (κ1) is 15.4. The van der Waals surface area contributed by atoms with Gasteiger partial charge >= 0.3 is 0 Å². The second kappa shape index (κ2) is 5.77. The van der Waals surface area contributed by atoms with Crippen molar-refractivity contribution >= 4 is 27.3 Å². The van der Waals surface area contributed by atoms with Crippen molar-refractivity contribution in [3.63, 3.8) is 0 Å². The van der Waals surface area contributed by atoms with Crippen LogP contribution >= 0.6 is 27.3 Å². The molecule has 0 radical (unpaired) electrons. The summed E-state index contributed by atoms with van der Waals surface area (Å²) in [6.07, 6.45) is 0. The maximum absolute atomic E-state index is 13.5. The highest BCUT2D eigenvalue weighted by molar-refractivity contribution is 9.10. The van der Waals surface area contributed by atoms with Gasteiger partial charge in [-0.1, -0.05) is 36.7 Å². The summed E-state index contributed by atoms with van der Waals surface area (Å²) in [6, 6.07) is 2.46. The molecule has 108 valence electrons. The van der Waals surface area contributed by atoms with Gasteiger partial charge in [-0.25, -0.2) is 9.37 Å². The Morgan fingerprint density at radius 1 is 1.30 bits per heavy atom. The molecule has 0 bridgehead atoms. The molecule has 0 aliphatic carbocycles. The van der Waals surface area contributed by atoms with Crippen molar-refractivity contribution < 1.29 is 13.5 Å². The molecule has 1 aromatic carbocycles. The van der Waals surface area contributed by atoms with Gasteiger partial charge in [0.1, 0.15) is 11.6 Å². The van der Waals surface area contributed by atoms with E-state index in [1.807, 2.05) is 5.38 Å². The topological polar surface area (TPSA) is 22.1 Å². The summed E-state index contributed by atoms with van der Waals surface area (Å²) >= 11 is 4.55. The van der Waals surface area contributed by atoms with Gasteiger partial charge in [0, 0.05) is 15.3 Å². The molecule has 0 spiro atoms. The predicted molar refractivity (Wildman–Crippen MR) is 79.2 cm³/mol. The Morgan fingerprint density at radius 2 is 2.00 bits per heavy atom. The van der Waals surface area contributed by atoms with Gasteiger partial charge in [0.2, 0.25) is 5.82 Å². The Hall–Kier alpha value is -1.01. The Balaban J connectivity index is 2.11. The molecule has 0 atom stereocenters. The molecule has 0 N–H and O–H groups in total. The Labute approximate surface area is 128 Å². The lowest BCUT2D eigenvalue weighted by atomic mass is 9.93. The summed E-state index contributed by atoms with van der Waals surface area (Å²) in [6.45, 7) is 6.32. The van der Waals surface area contributed by atoms with E-state index in [-0.39, 0.29) is 17.8 Å². The number of hydrogen-bond donors (Lipinski definition) is 0. The summed E-state index contributed by atoms with van der Waals surface area (Å²) in [5.74, 6) is -2.05. The summed E-state index contributed by atoms with van der Waals surface area (Å²) in [4.78, 5) is 4.44. The lowest BCUT2D eigenvalue weighted by Gasteiger charge is -2.14. The number of benzene rings is 1. The fraction of sp³-hybridized carbons (Fsp3) is 0.357. The molecule has 6 heteroatoms. The molecule has 0 fully saturated rings. The number of thiazole rings is 1. The molecule has 0 aliphatic heterocycles. The van der Waals surface area contributed by atoms with Crippen LogP contribution in [0.5, 0.6) is 5.75 Å². The number of hydrogen-bond acceptors (Lipinski definition) is 3. The standard InChI is InChI=1S/C14H14BrF2NOS/c1-14(2,3)11-7-20-12(18-11)6-19-10-5-8(15)4-9(16)13(10)17/h4-5,7H,6H2,1-3H3. The second-order valence-corrected chi connectivity index (χ2v) is 7.22. The lowest BCUT2D eigenvalue weighted by molar-refractivity contribution is 0.283. The van der Waals surface area contributed by atoms with E-state index in [0.717, 1.165) is 16.8 Å². The van der Waals surface area contributed by atoms with Crippen LogP contribution in [-0.2, 0) is 12.0 Å². The minimum absolute atomic E-state index is 0.0398. The minimum Gasteiger partial charge on any atom is -0.483 e. The van der Waals surface area contributed by atoms with Crippen LogP contribution < -0.4 is 4.74 Å². The van der Waals surface area contributed by atoms with E-state index in [0.29, 0.717) is 4.47 Å². The van der Waals surface area contributed by atoms with Crippen LogP contribution in [0.4, 0.5) is 8.78 Å². The zero-order chi connectivity index (χ0) is 14.9. The van der Waals surface area contributed by atoms with E-state index in [1.165, 1.54) is 17.4 Å². The van der Waals surface area contributed by atoms with Crippen LogP contribution in [0.2, 0.25) is 0 Å². The van der Waals surface area contributed by atoms with Crippen molar-refractivity contribution in [2.75, 3.05) is 0 Å². The first-order valence-electron chi connectivity index (χ1n) is 5.99. The molecule has 20 heavy (non-hydrogen) atoms. The molecule has 0 unspecified atom stereocenters. The van der Waals surface area contributed by atoms with Crippen LogP contribution in [0.1, 0.15) is 31.5 Å². The van der Waals surface area contributed by atoms with E-state index in [9.17, 15) is 8.78 Å². The molecule has 2 aromatic rings. The van der Waals surface area contributed by atoms with E-state index in [1.54, 1.807) is 0 Å². The van der Waals surface area contributed by atoms with Gasteiger partial charge in [0.25, 0.3) is 0 Å². The van der Waals surface area contributed by atoms with Crippen molar-refractivity contribution in [3.8, 4) is 5.75 Å². The maximum Gasteiger partial charge on any atom is 0.200 e. The van der Waals surface area contributed by atoms with Gasteiger partial charge in [-0.05, 0) is 12.1 Å². The third-order valence-electron chi connectivity index (χ3n) is 2.63. The highest BCUT2D eigenvalue weighted by Crippen LogP contribution is 2.28. The molecule has 0 aliphatic rings. The second-order valence-electron chi connectivity index (χ2n) is 5.36. The fourth-order valence-electron chi connectivity index (χ4n) is 1.50. The predicted octanol–water partition coefficient (Wildman–Crippen LogP) is 5.06. The molecule has 1 heterocycles. The number of halogens is 3. The molecule has 0 saturated carbocycles. The highest BCUT2D eigenvalue weighted by atomic mass is 79.9. The molecule has 2 nitrogen and oxygen atoms in total. The Morgan fingerprint density at radius 3 is 2.60 bits per heavy atom. The monoisotopic (exact) mass is 361 g/mol. The fourth-order valence-corrected chi connectivity index (χ4v) is 2.84. The van der Waals surface area contributed by atoms with E-state index in [2.05, 4.69) is 41.7 Å². The van der Waals surface area contributed by atoms with Crippen LogP contribution in [0.15, 0.2) is 22.0 Å². The summed E-state index contributed by atoms with van der Waals surface area (Å²) in [7, 11) is 0. The number of ether oxygens (including phenoxy) is 1. The van der Waals surface area contributed by atoms with Gasteiger partial charge in [0.05, 0.1) is 5.69 Å². The molecule has 0 amide bonds. The number of nitrogens with zero attached hydrogens (tertiary/aromatic N) is 1. The van der Waals surface area contributed by atoms with Crippen LogP contribution in [0.25, 0.3) is 0 Å². The molecule has 0 saturated heterocycles. The van der Waals surface area contributed by atoms with Crippen molar-refractivity contribution in [2.45, 2.75) is 32.8 Å². The normalized spacial score (nSPS) is 11.7. The summed E-state index contributed by atoms with van der Waals surface area (Å²) in [5.41, 5.74) is 0.920. The van der Waals surface area contributed by atoms with Gasteiger partial charge in [0.15, 0.2) is 11.6 Å². The van der Waals surface area contributed by atoms with E-state index in [4.69, 9.17) is 4.74 Å². The third-order valence-corrected chi connectivity index (χ3v) is 3.91. The summed E-state index contributed by atoms with van der Waals surface area (Å²) in [5, 5.41) is 2.69. The molecule has 2 rings (SSSR count). The van der Waals surface area contributed by atoms with Crippen LogP contribution in [-0.4, -0.2) is 4.98 Å². The smallest absolute Gasteiger partial charge is 0.200 e. The lowest BCUT2D eigenvalue weighted by Crippen LogP contribution is -2.11. The third kappa shape index (κ3) is 3.55. The molecular formula is C14H14BrF2NOS. The first-order chi connectivity index (χ1) is 9.27. The largest absolute Gasteiger partial charge is 0.483 e. The van der Waals surface area contributed by atoms with Gasteiger partial charge in [-0.2, -0.15) is 4.39 Å². The molecule has 1 aromatic heterocycles. The van der Waals surface area contributed by atoms with Crippen LogP contribution in [0.3, 0.4) is 0 Å². The van der Waals surface area contributed by atoms with Crippen molar-refractivity contribution in [3.05, 3.63) is 44.3 Å². The van der Waals surface area contributed by atoms with Crippen molar-refractivity contribution in [1.82, 2.24) is 4.98 Å². The molecular weight excluding hydrogens is 348 g/mol.